The summed E-state index contributed by atoms with van der Waals surface area (Å²) in [6, 6.07) is 2.69. The molecule has 1 aliphatic rings. The summed E-state index contributed by atoms with van der Waals surface area (Å²) in [5.74, 6) is -0.136. The molecule has 0 bridgehead atoms. The summed E-state index contributed by atoms with van der Waals surface area (Å²) < 4.78 is 41.5. The van der Waals surface area contributed by atoms with Crippen molar-refractivity contribution in [2.45, 2.75) is 52.1 Å². The molecule has 1 unspecified atom stereocenters. The third-order valence-corrected chi connectivity index (χ3v) is 6.81. The standard InChI is InChI=1S/C21H23F3N4OS/c1-4-15-8-18(21(22,23)24)28-19(25-15)9-17(26-28)14-6-5-7-27(10-14)20(29)16-11-30-13(3)12(16)2/h8-9,11,14H,4-7,10H2,1-3H3. The van der Waals surface area contributed by atoms with E-state index in [1.165, 1.54) is 0 Å². The quantitative estimate of drug-likeness (QED) is 0.580. The molecule has 3 aromatic rings. The predicted octanol–water partition coefficient (Wildman–Crippen LogP) is 5.01. The molecule has 0 radical (unpaired) electrons. The van der Waals surface area contributed by atoms with E-state index in [1.54, 1.807) is 29.2 Å². The van der Waals surface area contributed by atoms with Crippen LogP contribution in [0.15, 0.2) is 17.5 Å². The van der Waals surface area contributed by atoms with Gasteiger partial charge in [-0.2, -0.15) is 18.3 Å². The van der Waals surface area contributed by atoms with Crippen molar-refractivity contribution in [1.29, 1.82) is 0 Å². The maximum atomic E-state index is 13.5. The number of rotatable bonds is 3. The van der Waals surface area contributed by atoms with Gasteiger partial charge in [0.2, 0.25) is 0 Å². The zero-order valence-electron chi connectivity index (χ0n) is 17.1. The Kier molecular flexibility index (Phi) is 5.34. The number of hydrogen-bond acceptors (Lipinski definition) is 4. The first-order valence-corrected chi connectivity index (χ1v) is 10.9. The van der Waals surface area contributed by atoms with Crippen LogP contribution >= 0.6 is 11.3 Å². The average molecular weight is 437 g/mol. The molecule has 0 saturated carbocycles. The largest absolute Gasteiger partial charge is 0.433 e. The number of nitrogens with zero attached hydrogens (tertiary/aromatic N) is 4. The molecule has 0 aliphatic carbocycles. The number of thiophene rings is 1. The molecule has 1 atom stereocenters. The Morgan fingerprint density at radius 2 is 2.07 bits per heavy atom. The zero-order valence-corrected chi connectivity index (χ0v) is 17.9. The number of carbonyl (C=O) groups excluding carboxylic acids is 1. The van der Waals surface area contributed by atoms with E-state index in [1.807, 2.05) is 19.2 Å². The van der Waals surface area contributed by atoms with E-state index in [0.717, 1.165) is 33.9 Å². The van der Waals surface area contributed by atoms with Crippen molar-refractivity contribution in [3.8, 4) is 0 Å². The predicted molar refractivity (Wildman–Crippen MR) is 109 cm³/mol. The van der Waals surface area contributed by atoms with Gasteiger partial charge in [0.25, 0.3) is 5.91 Å². The fourth-order valence-electron chi connectivity index (χ4n) is 3.92. The number of aryl methyl sites for hydroxylation is 2. The molecule has 3 aromatic heterocycles. The number of halogens is 3. The second kappa shape index (κ2) is 7.68. The van der Waals surface area contributed by atoms with Gasteiger partial charge in [-0.15, -0.1) is 11.3 Å². The molecule has 1 amide bonds. The number of hydrogen-bond donors (Lipinski definition) is 0. The van der Waals surface area contributed by atoms with E-state index in [0.29, 0.717) is 36.5 Å². The van der Waals surface area contributed by atoms with Crippen LogP contribution in [0.1, 0.15) is 63.6 Å². The second-order valence-corrected chi connectivity index (χ2v) is 8.83. The Morgan fingerprint density at radius 3 is 2.70 bits per heavy atom. The van der Waals surface area contributed by atoms with Crippen LogP contribution < -0.4 is 0 Å². The highest BCUT2D eigenvalue weighted by atomic mass is 32.1. The second-order valence-electron chi connectivity index (χ2n) is 7.74. The monoisotopic (exact) mass is 436 g/mol. The van der Waals surface area contributed by atoms with Crippen molar-refractivity contribution in [2.75, 3.05) is 13.1 Å². The Bertz CT molecular complexity index is 1100. The van der Waals surface area contributed by atoms with Gasteiger partial charge in [-0.05, 0) is 44.7 Å². The van der Waals surface area contributed by atoms with Crippen LogP contribution in [0.5, 0.6) is 0 Å². The van der Waals surface area contributed by atoms with E-state index in [9.17, 15) is 18.0 Å². The van der Waals surface area contributed by atoms with Crippen LogP contribution in [0.25, 0.3) is 5.65 Å². The lowest BCUT2D eigenvalue weighted by Crippen LogP contribution is -2.39. The van der Waals surface area contributed by atoms with E-state index >= 15 is 0 Å². The van der Waals surface area contributed by atoms with E-state index in [4.69, 9.17) is 0 Å². The highest BCUT2D eigenvalue weighted by Gasteiger charge is 2.36. The summed E-state index contributed by atoms with van der Waals surface area (Å²) in [5, 5.41) is 6.15. The molecule has 160 valence electrons. The number of amides is 1. The fraction of sp³-hybridized carbons (Fsp3) is 0.476. The Labute approximate surface area is 176 Å². The molecule has 0 aromatic carbocycles. The highest BCUT2D eigenvalue weighted by Crippen LogP contribution is 2.33. The van der Waals surface area contributed by atoms with Crippen LogP contribution in [0.2, 0.25) is 0 Å². The van der Waals surface area contributed by atoms with E-state index < -0.39 is 11.9 Å². The average Bonchev–Trinajstić information content (AvgIpc) is 3.29. The van der Waals surface area contributed by atoms with Crippen molar-refractivity contribution in [3.63, 3.8) is 0 Å². The molecule has 1 saturated heterocycles. The smallest absolute Gasteiger partial charge is 0.338 e. The molecular weight excluding hydrogens is 413 g/mol. The van der Waals surface area contributed by atoms with Gasteiger partial charge in [0.05, 0.1) is 11.3 Å². The van der Waals surface area contributed by atoms with Gasteiger partial charge in [-0.25, -0.2) is 9.50 Å². The first-order valence-electron chi connectivity index (χ1n) is 9.99. The van der Waals surface area contributed by atoms with Gasteiger partial charge >= 0.3 is 6.18 Å². The maximum absolute atomic E-state index is 13.5. The van der Waals surface area contributed by atoms with Gasteiger partial charge in [0.1, 0.15) is 5.69 Å². The zero-order chi connectivity index (χ0) is 21.6. The van der Waals surface area contributed by atoms with Crippen molar-refractivity contribution in [3.05, 3.63) is 50.6 Å². The lowest BCUT2D eigenvalue weighted by Gasteiger charge is -2.32. The molecule has 4 heterocycles. The molecule has 0 N–H and O–H groups in total. The highest BCUT2D eigenvalue weighted by molar-refractivity contribution is 7.10. The number of aromatic nitrogens is 3. The number of likely N-dealkylation sites (tertiary alicyclic amines) is 1. The van der Waals surface area contributed by atoms with Gasteiger partial charge in [-0.3, -0.25) is 4.79 Å². The van der Waals surface area contributed by atoms with Crippen molar-refractivity contribution in [2.24, 2.45) is 0 Å². The SMILES string of the molecule is CCc1cc(C(F)(F)F)n2nc(C3CCCN(C(=O)c4csc(C)c4C)C3)cc2n1. The third kappa shape index (κ3) is 3.71. The Hall–Kier alpha value is -2.42. The lowest BCUT2D eigenvalue weighted by atomic mass is 9.94. The molecule has 1 aliphatic heterocycles. The van der Waals surface area contributed by atoms with Crippen molar-refractivity contribution in [1.82, 2.24) is 19.5 Å². The molecule has 1 fully saturated rings. The lowest BCUT2D eigenvalue weighted by molar-refractivity contribution is -0.142. The summed E-state index contributed by atoms with van der Waals surface area (Å²) in [4.78, 5) is 20.2. The fourth-order valence-corrected chi connectivity index (χ4v) is 4.78. The first-order chi connectivity index (χ1) is 14.2. The van der Waals surface area contributed by atoms with E-state index in [2.05, 4.69) is 10.1 Å². The van der Waals surface area contributed by atoms with Gasteiger partial charge in [0.15, 0.2) is 5.65 Å². The number of carbonyl (C=O) groups is 1. The number of fused-ring (bicyclic) bond motifs is 1. The third-order valence-electron chi connectivity index (χ3n) is 5.79. The van der Waals surface area contributed by atoms with Gasteiger partial charge in [0, 0.05) is 41.0 Å². The van der Waals surface area contributed by atoms with Crippen molar-refractivity contribution < 1.29 is 18.0 Å². The topological polar surface area (TPSA) is 50.5 Å². The molecular formula is C21H23F3N4OS. The summed E-state index contributed by atoms with van der Waals surface area (Å²) in [5.41, 5.74) is 2.02. The van der Waals surface area contributed by atoms with Crippen LogP contribution in [-0.4, -0.2) is 38.5 Å². The van der Waals surface area contributed by atoms with Crippen LogP contribution in [-0.2, 0) is 12.6 Å². The minimum absolute atomic E-state index is 0.0207. The molecule has 9 heteroatoms. The van der Waals surface area contributed by atoms with Crippen LogP contribution in [0.4, 0.5) is 13.2 Å². The van der Waals surface area contributed by atoms with Crippen LogP contribution in [0, 0.1) is 13.8 Å². The normalized spacial score (nSPS) is 17.7. The minimum atomic E-state index is -4.52. The Morgan fingerprint density at radius 1 is 1.30 bits per heavy atom. The van der Waals surface area contributed by atoms with Crippen molar-refractivity contribution >= 4 is 22.9 Å². The number of alkyl halides is 3. The first kappa shape index (κ1) is 20.8. The van der Waals surface area contributed by atoms with E-state index in [-0.39, 0.29) is 17.5 Å². The van der Waals surface area contributed by atoms with Gasteiger partial charge < -0.3 is 4.90 Å². The summed E-state index contributed by atoms with van der Waals surface area (Å²) in [6.07, 6.45) is -2.55. The molecule has 5 nitrogen and oxygen atoms in total. The Balaban J connectivity index is 1.65. The molecule has 0 spiro atoms. The van der Waals surface area contributed by atoms with Gasteiger partial charge in [-0.1, -0.05) is 6.92 Å². The molecule has 30 heavy (non-hydrogen) atoms. The van der Waals surface area contributed by atoms with Crippen LogP contribution in [0.3, 0.4) is 0 Å². The maximum Gasteiger partial charge on any atom is 0.433 e. The molecule has 4 rings (SSSR count). The minimum Gasteiger partial charge on any atom is -0.338 e. The number of piperidine rings is 1. The summed E-state index contributed by atoms with van der Waals surface area (Å²) in [7, 11) is 0. The summed E-state index contributed by atoms with van der Waals surface area (Å²) >= 11 is 1.55. The summed E-state index contributed by atoms with van der Waals surface area (Å²) in [6.45, 7) is 6.79.